The Labute approximate surface area is 167 Å². The maximum atomic E-state index is 12.0. The van der Waals surface area contributed by atoms with Crippen molar-refractivity contribution in [2.45, 2.75) is 12.5 Å². The molecule has 142 valence electrons. The predicted molar refractivity (Wildman–Crippen MR) is 106 cm³/mol. The smallest absolute Gasteiger partial charge is 0.258 e. The standard InChI is InChI=1S/C21H18ClN3O3/c22-17-3-1-2-4-20(17)27-13-21(26)25-11-16-10-15-9-14(5-6-19(15)28-16)18-12-23-7-8-24-18/h1-9,12,16H,10-11,13H2,(H,25,26)/t16-/m1/s1. The maximum absolute atomic E-state index is 12.0. The molecule has 3 aromatic rings. The summed E-state index contributed by atoms with van der Waals surface area (Å²) in [7, 11) is 0. The number of halogens is 1. The summed E-state index contributed by atoms with van der Waals surface area (Å²) in [5.41, 5.74) is 2.90. The highest BCUT2D eigenvalue weighted by Crippen LogP contribution is 2.32. The van der Waals surface area contributed by atoms with E-state index >= 15 is 0 Å². The third-order valence-corrected chi connectivity index (χ3v) is 4.70. The Balaban J connectivity index is 1.29. The van der Waals surface area contributed by atoms with Crippen molar-refractivity contribution in [2.75, 3.05) is 13.2 Å². The minimum atomic E-state index is -0.222. The van der Waals surface area contributed by atoms with Gasteiger partial charge in [-0.25, -0.2) is 0 Å². The van der Waals surface area contributed by atoms with Crippen LogP contribution in [-0.4, -0.2) is 35.1 Å². The molecule has 0 spiro atoms. The van der Waals surface area contributed by atoms with Crippen LogP contribution in [0.5, 0.6) is 11.5 Å². The van der Waals surface area contributed by atoms with E-state index in [-0.39, 0.29) is 18.6 Å². The number of aromatic nitrogens is 2. The van der Waals surface area contributed by atoms with Crippen molar-refractivity contribution in [1.82, 2.24) is 15.3 Å². The van der Waals surface area contributed by atoms with Crippen molar-refractivity contribution >= 4 is 17.5 Å². The van der Waals surface area contributed by atoms with Gasteiger partial charge < -0.3 is 14.8 Å². The number of hydrogen-bond donors (Lipinski definition) is 1. The number of rotatable bonds is 6. The van der Waals surface area contributed by atoms with Crippen molar-refractivity contribution in [1.29, 1.82) is 0 Å². The highest BCUT2D eigenvalue weighted by Gasteiger charge is 2.24. The number of amides is 1. The van der Waals surface area contributed by atoms with Gasteiger partial charge >= 0.3 is 0 Å². The number of nitrogens with one attached hydrogen (secondary N) is 1. The second-order valence-corrected chi connectivity index (χ2v) is 6.79. The number of benzene rings is 2. The normalized spacial score (nSPS) is 14.8. The molecular weight excluding hydrogens is 378 g/mol. The molecule has 2 heterocycles. The van der Waals surface area contributed by atoms with Crippen LogP contribution in [0.2, 0.25) is 5.02 Å². The minimum Gasteiger partial charge on any atom is -0.488 e. The van der Waals surface area contributed by atoms with Gasteiger partial charge in [-0.05, 0) is 35.9 Å². The molecule has 1 aromatic heterocycles. The number of fused-ring (bicyclic) bond motifs is 1. The summed E-state index contributed by atoms with van der Waals surface area (Å²) < 4.78 is 11.4. The van der Waals surface area contributed by atoms with E-state index in [9.17, 15) is 4.79 Å². The second kappa shape index (κ2) is 8.27. The van der Waals surface area contributed by atoms with Crippen LogP contribution in [0.1, 0.15) is 5.56 Å². The highest BCUT2D eigenvalue weighted by atomic mass is 35.5. The van der Waals surface area contributed by atoms with E-state index in [1.807, 2.05) is 12.1 Å². The highest BCUT2D eigenvalue weighted by molar-refractivity contribution is 6.32. The Morgan fingerprint density at radius 1 is 1.25 bits per heavy atom. The number of nitrogens with zero attached hydrogens (tertiary/aromatic N) is 2. The van der Waals surface area contributed by atoms with E-state index in [1.165, 1.54) is 0 Å². The van der Waals surface area contributed by atoms with Gasteiger partial charge in [0.15, 0.2) is 6.61 Å². The van der Waals surface area contributed by atoms with Gasteiger partial charge in [-0.2, -0.15) is 0 Å². The average Bonchev–Trinajstić information content (AvgIpc) is 3.14. The lowest BCUT2D eigenvalue weighted by Crippen LogP contribution is -2.37. The van der Waals surface area contributed by atoms with Gasteiger partial charge in [-0.1, -0.05) is 23.7 Å². The molecule has 4 rings (SSSR count). The van der Waals surface area contributed by atoms with Crippen LogP contribution in [0.15, 0.2) is 61.1 Å². The number of para-hydroxylation sites is 1. The van der Waals surface area contributed by atoms with Gasteiger partial charge in [0.25, 0.3) is 5.91 Å². The molecule has 1 atom stereocenters. The minimum absolute atomic E-state index is 0.0970. The molecule has 0 fully saturated rings. The number of ether oxygens (including phenoxy) is 2. The lowest BCUT2D eigenvalue weighted by molar-refractivity contribution is -0.123. The second-order valence-electron chi connectivity index (χ2n) is 6.38. The fourth-order valence-electron chi connectivity index (χ4n) is 3.03. The van der Waals surface area contributed by atoms with Crippen molar-refractivity contribution < 1.29 is 14.3 Å². The molecule has 0 radical (unpaired) electrons. The van der Waals surface area contributed by atoms with Crippen LogP contribution in [0.25, 0.3) is 11.3 Å². The van der Waals surface area contributed by atoms with Gasteiger partial charge in [0.1, 0.15) is 17.6 Å². The van der Waals surface area contributed by atoms with Crippen LogP contribution in [0.4, 0.5) is 0 Å². The monoisotopic (exact) mass is 395 g/mol. The summed E-state index contributed by atoms with van der Waals surface area (Å²) in [6, 6.07) is 13.0. The van der Waals surface area contributed by atoms with Crippen molar-refractivity contribution in [2.24, 2.45) is 0 Å². The lowest BCUT2D eigenvalue weighted by atomic mass is 10.0. The Morgan fingerprint density at radius 3 is 2.96 bits per heavy atom. The lowest BCUT2D eigenvalue weighted by Gasteiger charge is -2.12. The largest absolute Gasteiger partial charge is 0.488 e. The molecule has 28 heavy (non-hydrogen) atoms. The number of carbonyl (C=O) groups is 1. The molecule has 7 heteroatoms. The van der Waals surface area contributed by atoms with E-state index in [1.54, 1.807) is 42.9 Å². The van der Waals surface area contributed by atoms with Crippen molar-refractivity contribution in [3.05, 3.63) is 71.6 Å². The summed E-state index contributed by atoms with van der Waals surface area (Å²) in [5.74, 6) is 1.10. The zero-order valence-corrected chi connectivity index (χ0v) is 15.7. The van der Waals surface area contributed by atoms with Gasteiger partial charge in [0, 0.05) is 24.4 Å². The van der Waals surface area contributed by atoms with Crippen molar-refractivity contribution in [3.8, 4) is 22.8 Å². The van der Waals surface area contributed by atoms with Crippen LogP contribution in [0, 0.1) is 0 Å². The van der Waals surface area contributed by atoms with E-state index in [0.29, 0.717) is 17.3 Å². The zero-order chi connectivity index (χ0) is 19.3. The van der Waals surface area contributed by atoms with E-state index in [4.69, 9.17) is 21.1 Å². The summed E-state index contributed by atoms with van der Waals surface area (Å²) >= 11 is 6.01. The molecule has 1 aliphatic heterocycles. The van der Waals surface area contributed by atoms with E-state index < -0.39 is 0 Å². The summed E-state index contributed by atoms with van der Waals surface area (Å²) in [6.45, 7) is 0.306. The molecule has 6 nitrogen and oxygen atoms in total. The third kappa shape index (κ3) is 4.23. The van der Waals surface area contributed by atoms with Gasteiger partial charge in [0.2, 0.25) is 0 Å². The first-order chi connectivity index (χ1) is 13.7. The Kier molecular flexibility index (Phi) is 5.39. The summed E-state index contributed by atoms with van der Waals surface area (Å²) in [6.07, 6.45) is 5.65. The Bertz CT molecular complexity index is 982. The summed E-state index contributed by atoms with van der Waals surface area (Å²) in [4.78, 5) is 20.5. The topological polar surface area (TPSA) is 73.3 Å². The fraction of sp³-hybridized carbons (Fsp3) is 0.190. The van der Waals surface area contributed by atoms with Crippen LogP contribution < -0.4 is 14.8 Å². The molecule has 0 bridgehead atoms. The fourth-order valence-corrected chi connectivity index (χ4v) is 3.22. The predicted octanol–water partition coefficient (Wildman–Crippen LogP) is 3.30. The van der Waals surface area contributed by atoms with Crippen molar-refractivity contribution in [3.63, 3.8) is 0 Å². The third-order valence-electron chi connectivity index (χ3n) is 4.38. The first kappa shape index (κ1) is 18.3. The molecule has 0 aliphatic carbocycles. The average molecular weight is 396 g/mol. The first-order valence-electron chi connectivity index (χ1n) is 8.89. The molecule has 0 saturated heterocycles. The molecule has 0 saturated carbocycles. The van der Waals surface area contributed by atoms with Crippen LogP contribution in [-0.2, 0) is 11.2 Å². The zero-order valence-electron chi connectivity index (χ0n) is 15.0. The number of hydrogen-bond acceptors (Lipinski definition) is 5. The first-order valence-corrected chi connectivity index (χ1v) is 9.27. The van der Waals surface area contributed by atoms with E-state index in [0.717, 1.165) is 29.0 Å². The van der Waals surface area contributed by atoms with Gasteiger partial charge in [0.05, 0.1) is 23.5 Å². The Hall–Kier alpha value is -3.12. The quantitative estimate of drug-likeness (QED) is 0.693. The number of carbonyl (C=O) groups excluding carboxylic acids is 1. The molecular formula is C21H18ClN3O3. The maximum Gasteiger partial charge on any atom is 0.258 e. The molecule has 1 N–H and O–H groups in total. The van der Waals surface area contributed by atoms with Crippen LogP contribution in [0.3, 0.4) is 0 Å². The molecule has 2 aromatic carbocycles. The van der Waals surface area contributed by atoms with E-state index in [2.05, 4.69) is 21.4 Å². The van der Waals surface area contributed by atoms with Crippen LogP contribution >= 0.6 is 11.6 Å². The van der Waals surface area contributed by atoms with Gasteiger partial charge in [-0.15, -0.1) is 0 Å². The molecule has 0 unspecified atom stereocenters. The molecule has 1 aliphatic rings. The molecule has 1 amide bonds. The van der Waals surface area contributed by atoms with Gasteiger partial charge in [-0.3, -0.25) is 14.8 Å². The summed E-state index contributed by atoms with van der Waals surface area (Å²) in [5, 5.41) is 3.32. The SMILES string of the molecule is O=C(COc1ccccc1Cl)NC[C@H]1Cc2cc(-c3cnccn3)ccc2O1. The Morgan fingerprint density at radius 2 is 2.14 bits per heavy atom.